The topological polar surface area (TPSA) is 115 Å². The smallest absolute Gasteiger partial charge is 0.272 e. The number of aromatic nitrogens is 2. The maximum atomic E-state index is 13.1. The molecular formula is C24H31N5O5. The van der Waals surface area contributed by atoms with Gasteiger partial charge in [-0.3, -0.25) is 19.1 Å². The van der Waals surface area contributed by atoms with Crippen LogP contribution >= 0.6 is 0 Å². The molecule has 2 aliphatic rings. The molecule has 182 valence electrons. The lowest BCUT2D eigenvalue weighted by Crippen LogP contribution is -2.63. The second-order valence-electron chi connectivity index (χ2n) is 9.03. The van der Waals surface area contributed by atoms with Crippen molar-refractivity contribution in [2.75, 3.05) is 21.3 Å². The summed E-state index contributed by atoms with van der Waals surface area (Å²) < 4.78 is 12.1. The number of methoxy groups -OCH3 is 2. The van der Waals surface area contributed by atoms with Crippen LogP contribution in [-0.4, -0.2) is 65.2 Å². The first-order valence-corrected chi connectivity index (χ1v) is 11.4. The lowest BCUT2D eigenvalue weighted by Gasteiger charge is -2.41. The lowest BCUT2D eigenvalue weighted by molar-refractivity contribution is -0.133. The zero-order valence-corrected chi connectivity index (χ0v) is 20.0. The lowest BCUT2D eigenvalue weighted by atomic mass is 9.95. The number of carbonyl (C=O) groups is 3. The van der Waals surface area contributed by atoms with Crippen LogP contribution < -0.4 is 20.1 Å². The van der Waals surface area contributed by atoms with Gasteiger partial charge in [0.1, 0.15) is 22.7 Å². The summed E-state index contributed by atoms with van der Waals surface area (Å²) in [4.78, 5) is 40.5. The Bertz CT molecular complexity index is 1110. The molecular weight excluding hydrogens is 438 g/mol. The average molecular weight is 470 g/mol. The monoisotopic (exact) mass is 469 g/mol. The molecule has 0 spiro atoms. The normalized spacial score (nSPS) is 20.1. The molecule has 34 heavy (non-hydrogen) atoms. The Balaban J connectivity index is 1.49. The molecule has 0 saturated heterocycles. The summed E-state index contributed by atoms with van der Waals surface area (Å²) in [5.41, 5.74) is 0.0309. The fourth-order valence-electron chi connectivity index (χ4n) is 4.54. The predicted octanol–water partition coefficient (Wildman–Crippen LogP) is 1.73. The third-order valence-corrected chi connectivity index (χ3v) is 6.84. The Hall–Kier alpha value is -3.56. The molecule has 1 fully saturated rings. The molecule has 2 heterocycles. The number of rotatable bonds is 7. The number of fused-ring (bicyclic) bond motifs is 1. The van der Waals surface area contributed by atoms with E-state index in [0.29, 0.717) is 11.5 Å². The first-order chi connectivity index (χ1) is 16.3. The van der Waals surface area contributed by atoms with E-state index in [1.54, 1.807) is 46.4 Å². The molecule has 1 saturated carbocycles. The Morgan fingerprint density at radius 2 is 1.91 bits per heavy atom. The van der Waals surface area contributed by atoms with Crippen molar-refractivity contribution in [1.82, 2.24) is 25.3 Å². The van der Waals surface area contributed by atoms with Gasteiger partial charge in [-0.2, -0.15) is 5.10 Å². The standard InChI is InChI=1S/C24H31N5O5/c1-24(23(32)26-16-7-5-6-8-16)14-29-19(22(31)28(24)2)12-18(27-29)21(30)25-13-15-11-17(33-3)9-10-20(15)34-4/h9-12,16H,5-8,13-14H2,1-4H3,(H,25,30)(H,26,32)/t24-/m1/s1. The minimum Gasteiger partial charge on any atom is -0.497 e. The van der Waals surface area contributed by atoms with Crippen molar-refractivity contribution in [3.8, 4) is 11.5 Å². The van der Waals surface area contributed by atoms with Crippen molar-refractivity contribution < 1.29 is 23.9 Å². The Labute approximate surface area is 198 Å². The van der Waals surface area contributed by atoms with Crippen LogP contribution in [0.1, 0.15) is 59.1 Å². The van der Waals surface area contributed by atoms with Crippen molar-refractivity contribution >= 4 is 17.7 Å². The van der Waals surface area contributed by atoms with Crippen molar-refractivity contribution in [2.45, 2.75) is 57.3 Å². The van der Waals surface area contributed by atoms with Crippen LogP contribution in [0.4, 0.5) is 0 Å². The fourth-order valence-corrected chi connectivity index (χ4v) is 4.54. The number of hydrogen-bond donors (Lipinski definition) is 2. The molecule has 1 aromatic heterocycles. The highest BCUT2D eigenvalue weighted by Crippen LogP contribution is 2.28. The van der Waals surface area contributed by atoms with Crippen LogP contribution in [0.25, 0.3) is 0 Å². The Morgan fingerprint density at radius 1 is 1.18 bits per heavy atom. The van der Waals surface area contributed by atoms with E-state index < -0.39 is 11.4 Å². The van der Waals surface area contributed by atoms with Gasteiger partial charge in [0.05, 0.1) is 20.8 Å². The number of nitrogens with one attached hydrogen (secondary N) is 2. The third-order valence-electron chi connectivity index (χ3n) is 6.84. The first-order valence-electron chi connectivity index (χ1n) is 11.4. The summed E-state index contributed by atoms with van der Waals surface area (Å²) in [6, 6.07) is 6.93. The molecule has 1 aliphatic carbocycles. The average Bonchev–Trinajstić information content (AvgIpc) is 3.50. The molecule has 1 aliphatic heterocycles. The molecule has 0 radical (unpaired) electrons. The first kappa shape index (κ1) is 23.6. The zero-order valence-electron chi connectivity index (χ0n) is 20.0. The van der Waals surface area contributed by atoms with Gasteiger partial charge in [-0.25, -0.2) is 0 Å². The van der Waals surface area contributed by atoms with E-state index >= 15 is 0 Å². The Morgan fingerprint density at radius 3 is 2.59 bits per heavy atom. The van der Waals surface area contributed by atoms with Crippen LogP contribution in [0.15, 0.2) is 24.3 Å². The van der Waals surface area contributed by atoms with Gasteiger partial charge >= 0.3 is 0 Å². The summed E-state index contributed by atoms with van der Waals surface area (Å²) in [7, 11) is 4.73. The van der Waals surface area contributed by atoms with Crippen LogP contribution in [0.3, 0.4) is 0 Å². The van der Waals surface area contributed by atoms with Crippen LogP contribution in [-0.2, 0) is 17.9 Å². The van der Waals surface area contributed by atoms with E-state index in [4.69, 9.17) is 9.47 Å². The van der Waals surface area contributed by atoms with Gasteiger partial charge in [-0.05, 0) is 38.0 Å². The van der Waals surface area contributed by atoms with E-state index in [9.17, 15) is 14.4 Å². The number of ether oxygens (including phenoxy) is 2. The predicted molar refractivity (Wildman–Crippen MR) is 124 cm³/mol. The fraction of sp³-hybridized carbons (Fsp3) is 0.500. The quantitative estimate of drug-likeness (QED) is 0.638. The SMILES string of the molecule is COc1ccc(OC)c(CNC(=O)c2cc3n(n2)C[C@](C)(C(=O)NC2CCCC2)N(C)C3=O)c1. The summed E-state index contributed by atoms with van der Waals surface area (Å²) >= 11 is 0. The minimum absolute atomic E-state index is 0.110. The molecule has 1 aromatic carbocycles. The second-order valence-corrected chi connectivity index (χ2v) is 9.03. The number of nitrogens with zero attached hydrogens (tertiary/aromatic N) is 3. The van der Waals surface area contributed by atoms with Crippen LogP contribution in [0, 0.1) is 0 Å². The van der Waals surface area contributed by atoms with Crippen molar-refractivity contribution in [3.05, 3.63) is 41.2 Å². The minimum atomic E-state index is -1.10. The van der Waals surface area contributed by atoms with Crippen LogP contribution in [0.5, 0.6) is 11.5 Å². The summed E-state index contributed by atoms with van der Waals surface area (Å²) in [5, 5.41) is 10.3. The van der Waals surface area contributed by atoms with Gasteiger partial charge in [0.2, 0.25) is 5.91 Å². The summed E-state index contributed by atoms with van der Waals surface area (Å²) in [5.74, 6) is 0.278. The van der Waals surface area contributed by atoms with Crippen LogP contribution in [0.2, 0.25) is 0 Å². The van der Waals surface area contributed by atoms with Gasteiger partial charge < -0.3 is 25.0 Å². The van der Waals surface area contributed by atoms with Gasteiger partial charge in [0, 0.05) is 31.3 Å². The molecule has 2 N–H and O–H groups in total. The van der Waals surface area contributed by atoms with Gasteiger partial charge in [0.15, 0.2) is 5.69 Å². The number of likely N-dealkylation sites (N-methyl/N-ethyl adjacent to an activating group) is 1. The molecule has 10 heteroatoms. The van der Waals surface area contributed by atoms with Gasteiger partial charge in [-0.15, -0.1) is 0 Å². The van der Waals surface area contributed by atoms with E-state index in [1.807, 2.05) is 0 Å². The van der Waals surface area contributed by atoms with E-state index in [1.165, 1.54) is 15.6 Å². The van der Waals surface area contributed by atoms with E-state index in [0.717, 1.165) is 31.2 Å². The molecule has 1 atom stereocenters. The molecule has 2 aromatic rings. The maximum absolute atomic E-state index is 13.1. The molecule has 0 unspecified atom stereocenters. The van der Waals surface area contributed by atoms with E-state index in [-0.39, 0.29) is 42.3 Å². The van der Waals surface area contributed by atoms with E-state index in [2.05, 4.69) is 15.7 Å². The maximum Gasteiger partial charge on any atom is 0.272 e. The van der Waals surface area contributed by atoms with Gasteiger partial charge in [0.25, 0.3) is 11.8 Å². The molecule has 3 amide bonds. The molecule has 0 bridgehead atoms. The molecule has 4 rings (SSSR count). The van der Waals surface area contributed by atoms with Gasteiger partial charge in [-0.1, -0.05) is 12.8 Å². The van der Waals surface area contributed by atoms with Crippen molar-refractivity contribution in [1.29, 1.82) is 0 Å². The number of carbonyl (C=O) groups excluding carboxylic acids is 3. The van der Waals surface area contributed by atoms with Crippen molar-refractivity contribution in [2.24, 2.45) is 0 Å². The zero-order chi connectivity index (χ0) is 24.5. The highest BCUT2D eigenvalue weighted by molar-refractivity contribution is 6.01. The third kappa shape index (κ3) is 4.32. The number of benzene rings is 1. The highest BCUT2D eigenvalue weighted by Gasteiger charge is 2.46. The summed E-state index contributed by atoms with van der Waals surface area (Å²) in [6.45, 7) is 2.09. The molecule has 10 nitrogen and oxygen atoms in total. The Kier molecular flexibility index (Phi) is 6.49. The number of amides is 3. The largest absolute Gasteiger partial charge is 0.497 e. The number of hydrogen-bond acceptors (Lipinski definition) is 6. The van der Waals surface area contributed by atoms with Crippen molar-refractivity contribution in [3.63, 3.8) is 0 Å². The summed E-state index contributed by atoms with van der Waals surface area (Å²) in [6.07, 6.45) is 4.10. The second kappa shape index (κ2) is 9.36. The highest BCUT2D eigenvalue weighted by atomic mass is 16.5.